The van der Waals surface area contributed by atoms with E-state index in [0.29, 0.717) is 0 Å². The van der Waals surface area contributed by atoms with E-state index in [4.69, 9.17) is 4.42 Å². The Morgan fingerprint density at radius 2 is 1.65 bits per heavy atom. The topological polar surface area (TPSA) is 45.5 Å². The van der Waals surface area contributed by atoms with Gasteiger partial charge < -0.3 is 14.6 Å². The van der Waals surface area contributed by atoms with E-state index in [1.54, 1.807) is 11.9 Å². The van der Waals surface area contributed by atoms with Gasteiger partial charge in [-0.15, -0.1) is 0 Å². The minimum absolute atomic E-state index is 0.172. The van der Waals surface area contributed by atoms with Crippen molar-refractivity contribution >= 4 is 33.5 Å². The molecule has 130 valence electrons. The SMILES string of the molecule is CC(c1cc2ccccc2o1)N(C)C(=O)Nc1cccc2ccccc12. The molecule has 1 unspecified atom stereocenters. The van der Waals surface area contributed by atoms with Gasteiger partial charge in [0.05, 0.1) is 11.7 Å². The van der Waals surface area contributed by atoms with E-state index in [2.05, 4.69) is 5.32 Å². The van der Waals surface area contributed by atoms with Crippen molar-refractivity contribution < 1.29 is 9.21 Å². The highest BCUT2D eigenvalue weighted by Crippen LogP contribution is 2.28. The number of anilines is 1. The zero-order chi connectivity index (χ0) is 18.1. The van der Waals surface area contributed by atoms with Crippen LogP contribution >= 0.6 is 0 Å². The van der Waals surface area contributed by atoms with E-state index in [-0.39, 0.29) is 12.1 Å². The standard InChI is InChI=1S/C22H20N2O2/c1-15(21-14-17-9-4-6-13-20(17)26-21)24(2)22(25)23-19-12-7-10-16-8-3-5-11-18(16)19/h3-15H,1-2H3,(H,23,25). The number of rotatable bonds is 3. The number of nitrogens with zero attached hydrogens (tertiary/aromatic N) is 1. The van der Waals surface area contributed by atoms with Gasteiger partial charge in [0.25, 0.3) is 0 Å². The third-order valence-corrected chi connectivity index (χ3v) is 4.79. The van der Waals surface area contributed by atoms with Crippen LogP contribution in [0.5, 0.6) is 0 Å². The molecule has 0 spiro atoms. The third-order valence-electron chi connectivity index (χ3n) is 4.79. The summed E-state index contributed by atoms with van der Waals surface area (Å²) in [6.07, 6.45) is 0. The Morgan fingerprint density at radius 1 is 0.962 bits per heavy atom. The van der Waals surface area contributed by atoms with Crippen molar-refractivity contribution in [2.24, 2.45) is 0 Å². The first-order chi connectivity index (χ1) is 12.6. The van der Waals surface area contributed by atoms with Crippen LogP contribution in [0.1, 0.15) is 18.7 Å². The molecule has 1 aromatic heterocycles. The Bertz CT molecular complexity index is 1050. The molecule has 0 radical (unpaired) electrons. The molecule has 1 heterocycles. The maximum absolute atomic E-state index is 12.8. The normalized spacial score (nSPS) is 12.2. The van der Waals surface area contributed by atoms with Crippen LogP contribution in [0.15, 0.2) is 77.2 Å². The second-order valence-corrected chi connectivity index (χ2v) is 6.43. The first-order valence-corrected chi connectivity index (χ1v) is 8.63. The van der Waals surface area contributed by atoms with Crippen molar-refractivity contribution in [1.82, 2.24) is 4.90 Å². The molecule has 0 aliphatic heterocycles. The number of carbonyl (C=O) groups is 1. The van der Waals surface area contributed by atoms with Crippen LogP contribution in [0.3, 0.4) is 0 Å². The first kappa shape index (κ1) is 16.2. The number of furan rings is 1. The fourth-order valence-corrected chi connectivity index (χ4v) is 3.11. The molecule has 4 aromatic rings. The number of benzene rings is 3. The molecule has 1 N–H and O–H groups in total. The molecule has 4 rings (SSSR count). The van der Waals surface area contributed by atoms with Gasteiger partial charge in [-0.25, -0.2) is 4.79 Å². The van der Waals surface area contributed by atoms with Crippen molar-refractivity contribution in [3.8, 4) is 0 Å². The van der Waals surface area contributed by atoms with Crippen molar-refractivity contribution in [1.29, 1.82) is 0 Å². The van der Waals surface area contributed by atoms with Crippen LogP contribution < -0.4 is 5.32 Å². The number of hydrogen-bond donors (Lipinski definition) is 1. The van der Waals surface area contributed by atoms with Gasteiger partial charge in [-0.1, -0.05) is 54.6 Å². The highest BCUT2D eigenvalue weighted by molar-refractivity contribution is 6.01. The van der Waals surface area contributed by atoms with Crippen LogP contribution in [-0.2, 0) is 0 Å². The Hall–Kier alpha value is -3.27. The van der Waals surface area contributed by atoms with Gasteiger partial charge in [0.1, 0.15) is 11.3 Å². The molecule has 0 fully saturated rings. The van der Waals surface area contributed by atoms with Gasteiger partial charge in [-0.2, -0.15) is 0 Å². The predicted octanol–water partition coefficient (Wildman–Crippen LogP) is 5.81. The van der Waals surface area contributed by atoms with Crippen LogP contribution in [0, 0.1) is 0 Å². The summed E-state index contributed by atoms with van der Waals surface area (Å²) < 4.78 is 5.90. The largest absolute Gasteiger partial charge is 0.459 e. The summed E-state index contributed by atoms with van der Waals surface area (Å²) in [4.78, 5) is 14.4. The van der Waals surface area contributed by atoms with Crippen molar-refractivity contribution in [2.45, 2.75) is 13.0 Å². The van der Waals surface area contributed by atoms with Crippen molar-refractivity contribution in [3.63, 3.8) is 0 Å². The molecule has 3 aromatic carbocycles. The molecule has 0 aliphatic carbocycles. The predicted molar refractivity (Wildman–Crippen MR) is 105 cm³/mol. The van der Waals surface area contributed by atoms with Crippen LogP contribution in [0.2, 0.25) is 0 Å². The smallest absolute Gasteiger partial charge is 0.322 e. The Balaban J connectivity index is 1.57. The molecule has 4 nitrogen and oxygen atoms in total. The lowest BCUT2D eigenvalue weighted by Crippen LogP contribution is -2.33. The zero-order valence-electron chi connectivity index (χ0n) is 14.8. The van der Waals surface area contributed by atoms with Gasteiger partial charge in [-0.3, -0.25) is 0 Å². The van der Waals surface area contributed by atoms with E-state index in [1.165, 1.54) is 0 Å². The minimum Gasteiger partial charge on any atom is -0.459 e. The monoisotopic (exact) mass is 344 g/mol. The lowest BCUT2D eigenvalue weighted by molar-refractivity contribution is 0.202. The van der Waals surface area contributed by atoms with Gasteiger partial charge >= 0.3 is 6.03 Å². The number of amides is 2. The number of urea groups is 1. The number of carbonyl (C=O) groups excluding carboxylic acids is 1. The lowest BCUT2D eigenvalue weighted by atomic mass is 10.1. The van der Waals surface area contributed by atoms with E-state index >= 15 is 0 Å². The summed E-state index contributed by atoms with van der Waals surface area (Å²) in [5, 5.41) is 6.17. The highest BCUT2D eigenvalue weighted by Gasteiger charge is 2.21. The van der Waals surface area contributed by atoms with Crippen molar-refractivity contribution in [2.75, 3.05) is 12.4 Å². The Labute approximate surface area is 152 Å². The molecule has 0 saturated heterocycles. The molecule has 1 atom stereocenters. The van der Waals surface area contributed by atoms with Crippen LogP contribution in [0.25, 0.3) is 21.7 Å². The maximum atomic E-state index is 12.8. The second-order valence-electron chi connectivity index (χ2n) is 6.43. The number of para-hydroxylation sites is 1. The van der Waals surface area contributed by atoms with Crippen LogP contribution in [-0.4, -0.2) is 18.0 Å². The average Bonchev–Trinajstić information content (AvgIpc) is 3.11. The second kappa shape index (κ2) is 6.56. The molecule has 4 heteroatoms. The minimum atomic E-state index is -0.183. The Kier molecular flexibility index (Phi) is 4.09. The summed E-state index contributed by atoms with van der Waals surface area (Å²) in [6.45, 7) is 1.96. The summed E-state index contributed by atoms with van der Waals surface area (Å²) in [6, 6.07) is 23.4. The van der Waals surface area contributed by atoms with Gasteiger partial charge in [0, 0.05) is 17.8 Å². The van der Waals surface area contributed by atoms with Gasteiger partial charge in [0.15, 0.2) is 0 Å². The highest BCUT2D eigenvalue weighted by atomic mass is 16.3. The zero-order valence-corrected chi connectivity index (χ0v) is 14.8. The van der Waals surface area contributed by atoms with Crippen molar-refractivity contribution in [3.05, 3.63) is 78.6 Å². The maximum Gasteiger partial charge on any atom is 0.322 e. The van der Waals surface area contributed by atoms with Gasteiger partial charge in [-0.05, 0) is 30.5 Å². The molecule has 26 heavy (non-hydrogen) atoms. The molecular formula is C22H20N2O2. The Morgan fingerprint density at radius 3 is 2.46 bits per heavy atom. The number of nitrogens with one attached hydrogen (secondary N) is 1. The summed E-state index contributed by atoms with van der Waals surface area (Å²) in [5.74, 6) is 0.766. The molecule has 2 amide bonds. The summed E-state index contributed by atoms with van der Waals surface area (Å²) >= 11 is 0. The van der Waals surface area contributed by atoms with Crippen LogP contribution in [0.4, 0.5) is 10.5 Å². The lowest BCUT2D eigenvalue weighted by Gasteiger charge is -2.24. The molecule has 0 saturated carbocycles. The van der Waals surface area contributed by atoms with E-state index in [1.807, 2.05) is 79.7 Å². The van der Waals surface area contributed by atoms with E-state index < -0.39 is 0 Å². The summed E-state index contributed by atoms with van der Waals surface area (Å²) in [5.41, 5.74) is 1.63. The molecule has 0 bridgehead atoms. The third kappa shape index (κ3) is 2.90. The van der Waals surface area contributed by atoms with E-state index in [9.17, 15) is 4.79 Å². The molecule has 0 aliphatic rings. The fraction of sp³-hybridized carbons (Fsp3) is 0.136. The van der Waals surface area contributed by atoms with Gasteiger partial charge in [0.2, 0.25) is 0 Å². The quantitative estimate of drug-likeness (QED) is 0.509. The summed E-state index contributed by atoms with van der Waals surface area (Å²) in [7, 11) is 1.78. The fourth-order valence-electron chi connectivity index (χ4n) is 3.11. The van der Waals surface area contributed by atoms with E-state index in [0.717, 1.165) is 33.2 Å². The number of fused-ring (bicyclic) bond motifs is 2. The average molecular weight is 344 g/mol. The number of hydrogen-bond acceptors (Lipinski definition) is 2. The molecular weight excluding hydrogens is 324 g/mol. The first-order valence-electron chi connectivity index (χ1n) is 8.63.